The Morgan fingerprint density at radius 3 is 2.52 bits per heavy atom. The fourth-order valence-electron chi connectivity index (χ4n) is 2.21. The van der Waals surface area contributed by atoms with Crippen molar-refractivity contribution in [3.63, 3.8) is 0 Å². The lowest BCUT2D eigenvalue weighted by molar-refractivity contribution is 0.0397. The lowest BCUT2D eigenvalue weighted by Gasteiger charge is -2.22. The molecule has 0 aliphatic carbocycles. The van der Waals surface area contributed by atoms with Crippen LogP contribution in [0.4, 0.5) is 0 Å². The van der Waals surface area contributed by atoms with Crippen LogP contribution in [-0.4, -0.2) is 34.7 Å². The van der Waals surface area contributed by atoms with Gasteiger partial charge < -0.3 is 14.9 Å². The molecule has 0 aliphatic heterocycles. The summed E-state index contributed by atoms with van der Waals surface area (Å²) in [6.45, 7) is 5.53. The van der Waals surface area contributed by atoms with E-state index < -0.39 is 17.4 Å². The van der Waals surface area contributed by atoms with Gasteiger partial charge in [0, 0.05) is 6.42 Å². The van der Waals surface area contributed by atoms with Gasteiger partial charge in [-0.1, -0.05) is 11.6 Å². The number of ketones is 1. The molecule has 1 aromatic carbocycles. The minimum Gasteiger partial charge on any atom is -0.507 e. The van der Waals surface area contributed by atoms with E-state index in [2.05, 4.69) is 4.74 Å². The maximum Gasteiger partial charge on any atom is 0.337 e. The van der Waals surface area contributed by atoms with E-state index in [1.165, 1.54) is 25.3 Å². The van der Waals surface area contributed by atoms with Gasteiger partial charge in [-0.25, -0.2) is 4.79 Å². The van der Waals surface area contributed by atoms with Crippen molar-refractivity contribution in [2.45, 2.75) is 45.6 Å². The third-order valence-corrected chi connectivity index (χ3v) is 3.49. The number of allylic oxidation sites excluding steroid dienone is 2. The first-order valence-electron chi connectivity index (χ1n) is 7.46. The van der Waals surface area contributed by atoms with E-state index in [0.29, 0.717) is 12.8 Å². The normalized spacial score (nSPS) is 13.1. The number of aromatic hydroxyl groups is 1. The van der Waals surface area contributed by atoms with Crippen LogP contribution < -0.4 is 0 Å². The van der Waals surface area contributed by atoms with E-state index in [4.69, 9.17) is 0 Å². The molecule has 0 saturated carbocycles. The second-order valence-electron chi connectivity index (χ2n) is 6.14. The average molecular weight is 320 g/mol. The van der Waals surface area contributed by atoms with Crippen LogP contribution in [-0.2, 0) is 4.74 Å². The third kappa shape index (κ3) is 5.87. The molecule has 1 rings (SSSR count). The molecule has 5 heteroatoms. The van der Waals surface area contributed by atoms with E-state index in [-0.39, 0.29) is 23.3 Å². The molecule has 126 valence electrons. The van der Waals surface area contributed by atoms with Crippen LogP contribution in [0.15, 0.2) is 29.8 Å². The zero-order valence-corrected chi connectivity index (χ0v) is 14.0. The quantitative estimate of drug-likeness (QED) is 0.458. The molecule has 0 radical (unpaired) electrons. The van der Waals surface area contributed by atoms with Gasteiger partial charge in [-0.15, -0.1) is 0 Å². The molecule has 0 saturated heterocycles. The number of aliphatic hydroxyl groups is 1. The highest BCUT2D eigenvalue weighted by Gasteiger charge is 2.26. The SMILES string of the molecule is COC(=O)c1ccc(O)c(C(=O)CC(C)(O)CCC=C(C)C)c1. The Morgan fingerprint density at radius 2 is 1.96 bits per heavy atom. The number of hydrogen-bond donors (Lipinski definition) is 2. The summed E-state index contributed by atoms with van der Waals surface area (Å²) < 4.78 is 4.60. The molecule has 0 bridgehead atoms. The molecule has 1 atom stereocenters. The number of carbonyl (C=O) groups excluding carboxylic acids is 2. The van der Waals surface area contributed by atoms with Crippen LogP contribution in [0.2, 0.25) is 0 Å². The van der Waals surface area contributed by atoms with Gasteiger partial charge in [0.1, 0.15) is 5.75 Å². The van der Waals surface area contributed by atoms with Crippen LogP contribution in [0.1, 0.15) is 60.7 Å². The first-order chi connectivity index (χ1) is 10.7. The van der Waals surface area contributed by atoms with E-state index in [9.17, 15) is 19.8 Å². The number of phenolic OH excluding ortho intramolecular Hbond substituents is 1. The fourth-order valence-corrected chi connectivity index (χ4v) is 2.21. The summed E-state index contributed by atoms with van der Waals surface area (Å²) in [5.74, 6) is -1.23. The van der Waals surface area contributed by atoms with E-state index in [0.717, 1.165) is 5.57 Å². The number of rotatable bonds is 7. The number of methoxy groups -OCH3 is 1. The van der Waals surface area contributed by atoms with Gasteiger partial charge in [0.05, 0.1) is 23.8 Å². The highest BCUT2D eigenvalue weighted by Crippen LogP contribution is 2.25. The molecule has 2 N–H and O–H groups in total. The molecule has 0 fully saturated rings. The van der Waals surface area contributed by atoms with Crippen LogP contribution in [0.3, 0.4) is 0 Å². The van der Waals surface area contributed by atoms with Crippen molar-refractivity contribution in [3.8, 4) is 5.75 Å². The van der Waals surface area contributed by atoms with E-state index in [1.54, 1.807) is 6.92 Å². The predicted molar refractivity (Wildman–Crippen MR) is 87.7 cm³/mol. The molecule has 23 heavy (non-hydrogen) atoms. The maximum absolute atomic E-state index is 12.4. The number of benzene rings is 1. The van der Waals surface area contributed by atoms with Crippen molar-refractivity contribution in [2.75, 3.05) is 7.11 Å². The second kappa shape index (κ2) is 7.92. The summed E-state index contributed by atoms with van der Waals surface area (Å²) in [4.78, 5) is 23.9. The highest BCUT2D eigenvalue weighted by atomic mass is 16.5. The fraction of sp³-hybridized carbons (Fsp3) is 0.444. The number of hydrogen-bond acceptors (Lipinski definition) is 5. The Hall–Kier alpha value is -2.14. The van der Waals surface area contributed by atoms with Crippen molar-refractivity contribution >= 4 is 11.8 Å². The van der Waals surface area contributed by atoms with Crippen LogP contribution in [0.25, 0.3) is 0 Å². The zero-order valence-electron chi connectivity index (χ0n) is 14.0. The summed E-state index contributed by atoms with van der Waals surface area (Å²) in [6.07, 6.45) is 2.95. The molecule has 0 aromatic heterocycles. The molecule has 0 aliphatic rings. The third-order valence-electron chi connectivity index (χ3n) is 3.49. The van der Waals surface area contributed by atoms with Gasteiger partial charge >= 0.3 is 5.97 Å². The Kier molecular flexibility index (Phi) is 6.51. The highest BCUT2D eigenvalue weighted by molar-refractivity contribution is 6.01. The zero-order chi connectivity index (χ0) is 17.6. The van der Waals surface area contributed by atoms with Gasteiger partial charge in [-0.2, -0.15) is 0 Å². The Labute approximate surface area is 136 Å². The molecule has 0 spiro atoms. The minimum absolute atomic E-state index is 0.00962. The Bertz CT molecular complexity index is 610. The summed E-state index contributed by atoms with van der Waals surface area (Å²) in [6, 6.07) is 3.94. The van der Waals surface area contributed by atoms with Crippen LogP contribution in [0, 0.1) is 0 Å². The monoisotopic (exact) mass is 320 g/mol. The number of Topliss-reactive ketones (excluding diaryl/α,β-unsaturated/α-hetero) is 1. The first-order valence-corrected chi connectivity index (χ1v) is 7.46. The Balaban J connectivity index is 2.88. The van der Waals surface area contributed by atoms with Crippen molar-refractivity contribution in [1.82, 2.24) is 0 Å². The topological polar surface area (TPSA) is 83.8 Å². The minimum atomic E-state index is -1.18. The molecule has 5 nitrogen and oxygen atoms in total. The van der Waals surface area contributed by atoms with Crippen LogP contribution >= 0.6 is 0 Å². The van der Waals surface area contributed by atoms with Crippen molar-refractivity contribution in [3.05, 3.63) is 41.0 Å². The van der Waals surface area contributed by atoms with Gasteiger partial charge in [0.25, 0.3) is 0 Å². The lowest BCUT2D eigenvalue weighted by atomic mass is 9.90. The van der Waals surface area contributed by atoms with Crippen molar-refractivity contribution in [2.24, 2.45) is 0 Å². The largest absolute Gasteiger partial charge is 0.507 e. The van der Waals surface area contributed by atoms with E-state index >= 15 is 0 Å². The summed E-state index contributed by atoms with van der Waals surface area (Å²) in [5.41, 5.74) is 0.153. The lowest BCUT2D eigenvalue weighted by Crippen LogP contribution is -2.27. The number of esters is 1. The van der Waals surface area contributed by atoms with Gasteiger partial charge in [-0.3, -0.25) is 4.79 Å². The molecule has 0 heterocycles. The standard InChI is InChI=1S/C18H24O5/c1-12(2)6-5-9-18(3,22)11-16(20)14-10-13(17(21)23-4)7-8-15(14)19/h6-8,10,19,22H,5,9,11H2,1-4H3. The number of phenols is 1. The summed E-state index contributed by atoms with van der Waals surface area (Å²) in [5, 5.41) is 20.2. The molecule has 1 unspecified atom stereocenters. The van der Waals surface area contributed by atoms with Crippen molar-refractivity contribution < 1.29 is 24.5 Å². The first kappa shape index (κ1) is 18.9. The predicted octanol–water partition coefficient (Wildman–Crippen LogP) is 3.25. The summed E-state index contributed by atoms with van der Waals surface area (Å²) in [7, 11) is 1.24. The molecule has 1 aromatic rings. The second-order valence-corrected chi connectivity index (χ2v) is 6.14. The number of carbonyl (C=O) groups is 2. The molecular formula is C18H24O5. The maximum atomic E-state index is 12.4. The molecular weight excluding hydrogens is 296 g/mol. The smallest absolute Gasteiger partial charge is 0.337 e. The molecule has 0 amide bonds. The van der Waals surface area contributed by atoms with Gasteiger partial charge in [0.2, 0.25) is 0 Å². The number of ether oxygens (including phenoxy) is 1. The Morgan fingerprint density at radius 1 is 1.30 bits per heavy atom. The summed E-state index contributed by atoms with van der Waals surface area (Å²) >= 11 is 0. The van der Waals surface area contributed by atoms with Crippen molar-refractivity contribution in [1.29, 1.82) is 0 Å². The van der Waals surface area contributed by atoms with Gasteiger partial charge in [-0.05, 0) is 51.8 Å². The average Bonchev–Trinajstić information content (AvgIpc) is 2.45. The van der Waals surface area contributed by atoms with E-state index in [1.807, 2.05) is 19.9 Å². The van der Waals surface area contributed by atoms with Crippen LogP contribution in [0.5, 0.6) is 5.75 Å². The van der Waals surface area contributed by atoms with Gasteiger partial charge in [0.15, 0.2) is 5.78 Å².